The minimum atomic E-state index is -0.188. The summed E-state index contributed by atoms with van der Waals surface area (Å²) in [7, 11) is 1.60. The molecule has 4 N–H and O–H groups in total. The second-order valence-corrected chi connectivity index (χ2v) is 6.45. The molecule has 0 atom stereocenters. The van der Waals surface area contributed by atoms with Gasteiger partial charge in [0.2, 0.25) is 0 Å². The molecule has 3 aromatic carbocycles. The van der Waals surface area contributed by atoms with Crippen LogP contribution in [-0.2, 0) is 4.74 Å². The number of carbonyl (C=O) groups is 1. The van der Waals surface area contributed by atoms with Crippen molar-refractivity contribution in [3.8, 4) is 0 Å². The highest BCUT2D eigenvalue weighted by Gasteiger charge is 2.18. The van der Waals surface area contributed by atoms with Crippen LogP contribution in [0.5, 0.6) is 0 Å². The summed E-state index contributed by atoms with van der Waals surface area (Å²) in [6.45, 7) is 0.887. The van der Waals surface area contributed by atoms with E-state index in [0.29, 0.717) is 24.4 Å². The number of hydrogen-bond acceptors (Lipinski definition) is 4. The Kier molecular flexibility index (Phi) is 6.65. The smallest absolute Gasteiger partial charge is 0.253 e. The third kappa shape index (κ3) is 4.90. The molecule has 0 aromatic heterocycles. The fourth-order valence-corrected chi connectivity index (χ4v) is 3.04. The number of carbonyl (C=O) groups excluding carboxylic acids is 1. The molecule has 0 unspecified atom stereocenters. The van der Waals surface area contributed by atoms with E-state index in [-0.39, 0.29) is 11.9 Å². The van der Waals surface area contributed by atoms with Crippen LogP contribution >= 0.6 is 0 Å². The summed E-state index contributed by atoms with van der Waals surface area (Å²) in [5, 5.41) is 6.39. The number of nitrogens with one attached hydrogen (secondary N) is 2. The van der Waals surface area contributed by atoms with Gasteiger partial charge in [-0.3, -0.25) is 4.79 Å². The van der Waals surface area contributed by atoms with Gasteiger partial charge in [0.05, 0.1) is 18.2 Å². The van der Waals surface area contributed by atoms with Crippen molar-refractivity contribution in [2.24, 2.45) is 0 Å². The van der Waals surface area contributed by atoms with Crippen LogP contribution in [0.25, 0.3) is 0 Å². The summed E-state index contributed by atoms with van der Waals surface area (Å²) < 4.78 is 5.01. The van der Waals surface area contributed by atoms with Crippen molar-refractivity contribution >= 4 is 17.3 Å². The fourth-order valence-electron chi connectivity index (χ4n) is 3.04. The molecule has 0 fully saturated rings. The SMILES string of the molecule is COCCNC(=O)c1cc(N)ccc1NC(c1ccccc1)c1ccccc1. The van der Waals surface area contributed by atoms with Crippen LogP contribution in [0.15, 0.2) is 78.9 Å². The number of methoxy groups -OCH3 is 1. The largest absolute Gasteiger partial charge is 0.399 e. The number of amides is 1. The normalized spacial score (nSPS) is 10.6. The number of nitrogen functional groups attached to an aromatic ring is 1. The van der Waals surface area contributed by atoms with E-state index >= 15 is 0 Å². The Balaban J connectivity index is 1.94. The summed E-state index contributed by atoms with van der Waals surface area (Å²) in [5.41, 5.74) is 9.93. The zero-order chi connectivity index (χ0) is 19.8. The van der Waals surface area contributed by atoms with E-state index in [0.717, 1.165) is 16.8 Å². The van der Waals surface area contributed by atoms with Crippen molar-refractivity contribution < 1.29 is 9.53 Å². The van der Waals surface area contributed by atoms with Crippen LogP contribution in [0.3, 0.4) is 0 Å². The molecule has 0 heterocycles. The summed E-state index contributed by atoms with van der Waals surface area (Å²) in [6, 6.07) is 25.5. The molecule has 5 heteroatoms. The molecule has 0 saturated carbocycles. The van der Waals surface area contributed by atoms with Gasteiger partial charge < -0.3 is 21.1 Å². The number of nitrogens with two attached hydrogens (primary N) is 1. The summed E-state index contributed by atoms with van der Waals surface area (Å²) in [6.07, 6.45) is 0. The van der Waals surface area contributed by atoms with Gasteiger partial charge in [0.25, 0.3) is 5.91 Å². The zero-order valence-electron chi connectivity index (χ0n) is 15.9. The average molecular weight is 375 g/mol. The number of benzene rings is 3. The van der Waals surface area contributed by atoms with Crippen molar-refractivity contribution in [3.63, 3.8) is 0 Å². The van der Waals surface area contributed by atoms with Crippen LogP contribution in [0.1, 0.15) is 27.5 Å². The highest BCUT2D eigenvalue weighted by atomic mass is 16.5. The van der Waals surface area contributed by atoms with Crippen LogP contribution in [-0.4, -0.2) is 26.2 Å². The number of ether oxygens (including phenoxy) is 1. The molecule has 0 saturated heterocycles. The van der Waals surface area contributed by atoms with Gasteiger partial charge in [0, 0.05) is 25.0 Å². The third-order valence-corrected chi connectivity index (χ3v) is 4.45. The molecule has 3 rings (SSSR count). The molecule has 0 aliphatic carbocycles. The highest BCUT2D eigenvalue weighted by molar-refractivity contribution is 6.00. The lowest BCUT2D eigenvalue weighted by Crippen LogP contribution is -2.28. The van der Waals surface area contributed by atoms with E-state index in [1.165, 1.54) is 0 Å². The fraction of sp³-hybridized carbons (Fsp3) is 0.174. The maximum Gasteiger partial charge on any atom is 0.253 e. The quantitative estimate of drug-likeness (QED) is 0.413. The maximum atomic E-state index is 12.7. The first-order valence-corrected chi connectivity index (χ1v) is 9.22. The number of hydrogen-bond donors (Lipinski definition) is 3. The topological polar surface area (TPSA) is 76.4 Å². The highest BCUT2D eigenvalue weighted by Crippen LogP contribution is 2.29. The Morgan fingerprint density at radius 3 is 2.14 bits per heavy atom. The zero-order valence-corrected chi connectivity index (χ0v) is 15.9. The van der Waals surface area contributed by atoms with Gasteiger partial charge in [-0.15, -0.1) is 0 Å². The molecule has 0 spiro atoms. The van der Waals surface area contributed by atoms with Gasteiger partial charge in [-0.2, -0.15) is 0 Å². The number of rotatable bonds is 8. The first-order chi connectivity index (χ1) is 13.7. The first-order valence-electron chi connectivity index (χ1n) is 9.22. The molecule has 0 bridgehead atoms. The average Bonchev–Trinajstić information content (AvgIpc) is 2.74. The lowest BCUT2D eigenvalue weighted by molar-refractivity contribution is 0.0938. The van der Waals surface area contributed by atoms with Crippen molar-refractivity contribution in [1.29, 1.82) is 0 Å². The lowest BCUT2D eigenvalue weighted by atomic mass is 9.97. The van der Waals surface area contributed by atoms with Crippen molar-refractivity contribution in [2.75, 3.05) is 31.3 Å². The van der Waals surface area contributed by atoms with E-state index in [2.05, 4.69) is 34.9 Å². The van der Waals surface area contributed by atoms with E-state index in [4.69, 9.17) is 10.5 Å². The third-order valence-electron chi connectivity index (χ3n) is 4.45. The van der Waals surface area contributed by atoms with Gasteiger partial charge in [-0.1, -0.05) is 60.7 Å². The van der Waals surface area contributed by atoms with Crippen LogP contribution < -0.4 is 16.4 Å². The first kappa shape index (κ1) is 19.5. The second-order valence-electron chi connectivity index (χ2n) is 6.45. The van der Waals surface area contributed by atoms with Crippen LogP contribution in [0, 0.1) is 0 Å². The standard InChI is InChI=1S/C23H25N3O2/c1-28-15-14-25-23(27)20-16-19(24)12-13-21(20)26-22(17-8-4-2-5-9-17)18-10-6-3-7-11-18/h2-13,16,22,26H,14-15,24H2,1H3,(H,25,27). The van der Waals surface area contributed by atoms with E-state index in [1.807, 2.05) is 42.5 Å². The minimum Gasteiger partial charge on any atom is -0.399 e. The summed E-state index contributed by atoms with van der Waals surface area (Å²) in [4.78, 5) is 12.7. The van der Waals surface area contributed by atoms with Crippen molar-refractivity contribution in [1.82, 2.24) is 5.32 Å². The van der Waals surface area contributed by atoms with Gasteiger partial charge >= 0.3 is 0 Å². The Morgan fingerprint density at radius 1 is 0.964 bits per heavy atom. The molecule has 3 aromatic rings. The molecule has 5 nitrogen and oxygen atoms in total. The lowest BCUT2D eigenvalue weighted by Gasteiger charge is -2.23. The van der Waals surface area contributed by atoms with Crippen LogP contribution in [0.2, 0.25) is 0 Å². The van der Waals surface area contributed by atoms with Crippen molar-refractivity contribution in [3.05, 3.63) is 95.6 Å². The predicted molar refractivity (Wildman–Crippen MR) is 113 cm³/mol. The Morgan fingerprint density at radius 2 is 1.57 bits per heavy atom. The molecule has 28 heavy (non-hydrogen) atoms. The van der Waals surface area contributed by atoms with Crippen LogP contribution in [0.4, 0.5) is 11.4 Å². The summed E-state index contributed by atoms with van der Waals surface area (Å²) in [5.74, 6) is -0.188. The van der Waals surface area contributed by atoms with Gasteiger partial charge in [-0.05, 0) is 29.3 Å². The Labute approximate surface area is 165 Å². The monoisotopic (exact) mass is 375 g/mol. The van der Waals surface area contributed by atoms with Gasteiger partial charge in [-0.25, -0.2) is 0 Å². The van der Waals surface area contributed by atoms with Gasteiger partial charge in [0.1, 0.15) is 0 Å². The second kappa shape index (κ2) is 9.58. The van der Waals surface area contributed by atoms with Crippen molar-refractivity contribution in [2.45, 2.75) is 6.04 Å². The Hall–Kier alpha value is -3.31. The molecule has 0 aliphatic heterocycles. The number of anilines is 2. The Bertz CT molecular complexity index is 859. The van der Waals surface area contributed by atoms with E-state index in [1.54, 1.807) is 19.2 Å². The van der Waals surface area contributed by atoms with E-state index < -0.39 is 0 Å². The van der Waals surface area contributed by atoms with Gasteiger partial charge in [0.15, 0.2) is 0 Å². The predicted octanol–water partition coefficient (Wildman–Crippen LogP) is 3.85. The van der Waals surface area contributed by atoms with E-state index in [9.17, 15) is 4.79 Å². The molecule has 0 aliphatic rings. The molecular weight excluding hydrogens is 350 g/mol. The molecule has 0 radical (unpaired) electrons. The maximum absolute atomic E-state index is 12.7. The molecule has 144 valence electrons. The minimum absolute atomic E-state index is 0.100. The summed E-state index contributed by atoms with van der Waals surface area (Å²) >= 11 is 0. The molecular formula is C23H25N3O2. The molecule has 1 amide bonds.